The topological polar surface area (TPSA) is 49.6 Å². The molecule has 0 radical (unpaired) electrons. The lowest BCUT2D eigenvalue weighted by Crippen LogP contribution is -2.52. The summed E-state index contributed by atoms with van der Waals surface area (Å²) in [6.07, 6.45) is 4.99. The first-order valence-corrected chi connectivity index (χ1v) is 8.14. The van der Waals surface area contributed by atoms with E-state index in [0.717, 1.165) is 31.8 Å². The average Bonchev–Trinajstić information content (AvgIpc) is 2.90. The maximum absolute atomic E-state index is 12.4. The summed E-state index contributed by atoms with van der Waals surface area (Å²) in [6, 6.07) is -0.377. The number of hydrogen-bond acceptors (Lipinski definition) is 3. The molecule has 2 saturated heterocycles. The second-order valence-corrected chi connectivity index (χ2v) is 7.62. The third-order valence-electron chi connectivity index (χ3n) is 4.84. The fourth-order valence-electron chi connectivity index (χ4n) is 3.23. The van der Waals surface area contributed by atoms with E-state index in [9.17, 15) is 4.79 Å². The number of nitrogens with zero attached hydrogens (tertiary/aromatic N) is 2. The van der Waals surface area contributed by atoms with Gasteiger partial charge in [0.25, 0.3) is 0 Å². The Hall–Kier alpha value is -0.610. The first-order chi connectivity index (χ1) is 9.38. The molecule has 2 aliphatic rings. The summed E-state index contributed by atoms with van der Waals surface area (Å²) in [5.74, 6) is 0.903. The van der Waals surface area contributed by atoms with Crippen LogP contribution in [-0.2, 0) is 4.79 Å². The van der Waals surface area contributed by atoms with Crippen molar-refractivity contribution in [3.63, 3.8) is 0 Å². The quantitative estimate of drug-likeness (QED) is 0.856. The second kappa shape index (κ2) is 6.44. The van der Waals surface area contributed by atoms with Gasteiger partial charge in [0.05, 0.1) is 6.04 Å². The number of hydrogen-bond donors (Lipinski definition) is 1. The van der Waals surface area contributed by atoms with Crippen LogP contribution in [0.2, 0.25) is 0 Å². The smallest absolute Gasteiger partial charge is 0.240 e. The Morgan fingerprint density at radius 1 is 1.15 bits per heavy atom. The van der Waals surface area contributed by atoms with Gasteiger partial charge in [-0.1, -0.05) is 20.8 Å². The Bertz CT molecular complexity index is 323. The number of amides is 1. The van der Waals surface area contributed by atoms with Gasteiger partial charge in [0.2, 0.25) is 5.91 Å². The zero-order chi connectivity index (χ0) is 14.8. The molecule has 1 amide bonds. The highest BCUT2D eigenvalue weighted by molar-refractivity contribution is 5.82. The minimum atomic E-state index is -0.377. The molecule has 20 heavy (non-hydrogen) atoms. The Balaban J connectivity index is 1.77. The zero-order valence-corrected chi connectivity index (χ0v) is 13.4. The Kier molecular flexibility index (Phi) is 5.08. The average molecular weight is 281 g/mol. The van der Waals surface area contributed by atoms with E-state index in [2.05, 4.69) is 4.90 Å². The predicted octanol–water partition coefficient (Wildman–Crippen LogP) is 1.69. The van der Waals surface area contributed by atoms with E-state index in [-0.39, 0.29) is 17.4 Å². The lowest BCUT2D eigenvalue weighted by molar-refractivity contribution is -0.136. The minimum absolute atomic E-state index is 0.136. The molecule has 116 valence electrons. The third-order valence-corrected chi connectivity index (χ3v) is 4.84. The van der Waals surface area contributed by atoms with Crippen molar-refractivity contribution in [2.24, 2.45) is 17.1 Å². The molecular formula is C16H31N3O. The molecule has 2 heterocycles. The first-order valence-electron chi connectivity index (χ1n) is 8.14. The van der Waals surface area contributed by atoms with Crippen LogP contribution in [0.1, 0.15) is 46.5 Å². The summed E-state index contributed by atoms with van der Waals surface area (Å²) >= 11 is 0. The molecule has 2 N–H and O–H groups in total. The van der Waals surface area contributed by atoms with E-state index >= 15 is 0 Å². The maximum atomic E-state index is 12.4. The number of likely N-dealkylation sites (tertiary alicyclic amines) is 2. The highest BCUT2D eigenvalue weighted by atomic mass is 16.2. The molecule has 0 aromatic rings. The lowest BCUT2D eigenvalue weighted by Gasteiger charge is -2.37. The molecule has 0 aromatic carbocycles. The van der Waals surface area contributed by atoms with Crippen molar-refractivity contribution in [3.05, 3.63) is 0 Å². The van der Waals surface area contributed by atoms with Gasteiger partial charge < -0.3 is 15.5 Å². The minimum Gasteiger partial charge on any atom is -0.341 e. The van der Waals surface area contributed by atoms with Gasteiger partial charge in [-0.15, -0.1) is 0 Å². The SMILES string of the molecule is CC(C)(C)[C@@H](N)C(=O)N1CCC(CN2CCCC2)CC1. The van der Waals surface area contributed by atoms with Gasteiger partial charge >= 0.3 is 0 Å². The van der Waals surface area contributed by atoms with Crippen molar-refractivity contribution in [1.82, 2.24) is 9.80 Å². The van der Waals surface area contributed by atoms with E-state index in [4.69, 9.17) is 5.73 Å². The Morgan fingerprint density at radius 2 is 1.70 bits per heavy atom. The molecule has 0 bridgehead atoms. The van der Waals surface area contributed by atoms with Gasteiger partial charge in [0, 0.05) is 19.6 Å². The van der Waals surface area contributed by atoms with Crippen LogP contribution in [-0.4, -0.2) is 54.5 Å². The van der Waals surface area contributed by atoms with Gasteiger partial charge in [-0.25, -0.2) is 0 Å². The van der Waals surface area contributed by atoms with Crippen molar-refractivity contribution >= 4 is 5.91 Å². The number of rotatable bonds is 3. The number of piperidine rings is 1. The molecule has 0 spiro atoms. The van der Waals surface area contributed by atoms with Gasteiger partial charge in [-0.2, -0.15) is 0 Å². The van der Waals surface area contributed by atoms with Gasteiger partial charge in [0.15, 0.2) is 0 Å². The summed E-state index contributed by atoms with van der Waals surface area (Å²) in [4.78, 5) is 17.0. The van der Waals surface area contributed by atoms with E-state index in [1.165, 1.54) is 32.5 Å². The molecule has 2 fully saturated rings. The van der Waals surface area contributed by atoms with Crippen molar-refractivity contribution in [2.45, 2.75) is 52.5 Å². The van der Waals surface area contributed by atoms with Crippen LogP contribution >= 0.6 is 0 Å². The number of nitrogens with two attached hydrogens (primary N) is 1. The molecule has 2 aliphatic heterocycles. The number of carbonyl (C=O) groups excluding carboxylic acids is 1. The lowest BCUT2D eigenvalue weighted by atomic mass is 9.86. The molecular weight excluding hydrogens is 250 g/mol. The van der Waals surface area contributed by atoms with Crippen molar-refractivity contribution in [2.75, 3.05) is 32.7 Å². The normalized spacial score (nSPS) is 24.1. The number of carbonyl (C=O) groups is 1. The molecule has 4 nitrogen and oxygen atoms in total. The van der Waals surface area contributed by atoms with E-state index < -0.39 is 0 Å². The first kappa shape index (κ1) is 15.8. The molecule has 0 aliphatic carbocycles. The van der Waals surface area contributed by atoms with Crippen molar-refractivity contribution in [1.29, 1.82) is 0 Å². The predicted molar refractivity (Wildman–Crippen MR) is 82.4 cm³/mol. The summed E-state index contributed by atoms with van der Waals surface area (Å²) in [5, 5.41) is 0. The van der Waals surface area contributed by atoms with Gasteiger partial charge in [-0.05, 0) is 50.1 Å². The summed E-state index contributed by atoms with van der Waals surface area (Å²) in [5.41, 5.74) is 5.94. The van der Waals surface area contributed by atoms with E-state index in [0.29, 0.717) is 0 Å². The molecule has 0 aromatic heterocycles. The fourth-order valence-corrected chi connectivity index (χ4v) is 3.23. The third kappa shape index (κ3) is 3.95. The van der Waals surface area contributed by atoms with E-state index in [1.54, 1.807) is 0 Å². The van der Waals surface area contributed by atoms with Crippen LogP contribution < -0.4 is 5.73 Å². The fraction of sp³-hybridized carbons (Fsp3) is 0.938. The molecule has 0 saturated carbocycles. The van der Waals surface area contributed by atoms with Gasteiger partial charge in [-0.3, -0.25) is 4.79 Å². The van der Waals surface area contributed by atoms with Crippen molar-refractivity contribution in [3.8, 4) is 0 Å². The Labute approximate surface area is 123 Å². The standard InChI is InChI=1S/C16H31N3O/c1-16(2,3)14(17)15(20)19-10-6-13(7-11-19)12-18-8-4-5-9-18/h13-14H,4-12,17H2,1-3H3/t14-/m0/s1. The van der Waals surface area contributed by atoms with Crippen LogP contribution in [0.5, 0.6) is 0 Å². The summed E-state index contributed by atoms with van der Waals surface area (Å²) in [6.45, 7) is 11.7. The second-order valence-electron chi connectivity index (χ2n) is 7.62. The van der Waals surface area contributed by atoms with Crippen LogP contribution in [0.15, 0.2) is 0 Å². The summed E-state index contributed by atoms with van der Waals surface area (Å²) in [7, 11) is 0. The van der Waals surface area contributed by atoms with E-state index in [1.807, 2.05) is 25.7 Å². The maximum Gasteiger partial charge on any atom is 0.240 e. The highest BCUT2D eigenvalue weighted by Crippen LogP contribution is 2.24. The van der Waals surface area contributed by atoms with Crippen LogP contribution in [0.3, 0.4) is 0 Å². The molecule has 1 atom stereocenters. The zero-order valence-electron chi connectivity index (χ0n) is 13.4. The van der Waals surface area contributed by atoms with Crippen molar-refractivity contribution < 1.29 is 4.79 Å². The monoisotopic (exact) mass is 281 g/mol. The molecule has 2 rings (SSSR count). The largest absolute Gasteiger partial charge is 0.341 e. The Morgan fingerprint density at radius 3 is 2.20 bits per heavy atom. The highest BCUT2D eigenvalue weighted by Gasteiger charge is 2.33. The van der Waals surface area contributed by atoms with Gasteiger partial charge in [0.1, 0.15) is 0 Å². The summed E-state index contributed by atoms with van der Waals surface area (Å²) < 4.78 is 0. The molecule has 0 unspecified atom stereocenters. The van der Waals surface area contributed by atoms with Crippen LogP contribution in [0.4, 0.5) is 0 Å². The van der Waals surface area contributed by atoms with Crippen LogP contribution in [0.25, 0.3) is 0 Å². The van der Waals surface area contributed by atoms with Crippen LogP contribution in [0, 0.1) is 11.3 Å². The molecule has 4 heteroatoms.